The molecule has 1 unspecified atom stereocenters. The second kappa shape index (κ2) is 7.98. The van der Waals surface area contributed by atoms with E-state index < -0.39 is 12.0 Å². The predicted molar refractivity (Wildman–Crippen MR) is 79.9 cm³/mol. The molecule has 1 atom stereocenters. The zero-order valence-corrected chi connectivity index (χ0v) is 15.4. The quantitative estimate of drug-likeness (QED) is 0.603. The van der Waals surface area contributed by atoms with Gasteiger partial charge in [-0.3, -0.25) is 4.79 Å². The summed E-state index contributed by atoms with van der Waals surface area (Å²) in [7, 11) is 1.53. The molecule has 21 heavy (non-hydrogen) atoms. The normalized spacial score (nSPS) is 13.0. The molecule has 0 aromatic heterocycles. The SMILES string of the molecule is [2H]C(c1cc[c-]cc1)c1ccc(C(=O)C(C)(C)OC)cc1.[Y]. The van der Waals surface area contributed by atoms with Crippen LogP contribution in [0.2, 0.25) is 0 Å². The van der Waals surface area contributed by atoms with Crippen molar-refractivity contribution in [1.82, 2.24) is 0 Å². The van der Waals surface area contributed by atoms with Crippen molar-refractivity contribution in [3.8, 4) is 0 Å². The molecule has 2 rings (SSSR count). The van der Waals surface area contributed by atoms with Crippen LogP contribution in [0.1, 0.15) is 36.7 Å². The smallest absolute Gasteiger partial charge is 0.194 e. The Kier molecular flexibility index (Phi) is 6.28. The summed E-state index contributed by atoms with van der Waals surface area (Å²) in [5.74, 6) is -0.0626. The summed E-state index contributed by atoms with van der Waals surface area (Å²) in [6, 6.07) is 17.5. The average Bonchev–Trinajstić information content (AvgIpc) is 2.54. The van der Waals surface area contributed by atoms with Gasteiger partial charge in [-0.25, -0.2) is 0 Å². The van der Waals surface area contributed by atoms with Crippen LogP contribution in [0.4, 0.5) is 0 Å². The van der Waals surface area contributed by atoms with Crippen molar-refractivity contribution >= 4 is 5.78 Å². The second-order valence-corrected chi connectivity index (χ2v) is 5.14. The second-order valence-electron chi connectivity index (χ2n) is 5.14. The molecule has 0 aliphatic heterocycles. The number of benzene rings is 2. The van der Waals surface area contributed by atoms with E-state index in [1.807, 2.05) is 24.3 Å². The number of carbonyl (C=O) groups is 1. The molecule has 0 heterocycles. The Balaban J connectivity index is 0.00000242. The minimum absolute atomic E-state index is 0. The van der Waals surface area contributed by atoms with Gasteiger partial charge in [-0.1, -0.05) is 24.3 Å². The summed E-state index contributed by atoms with van der Waals surface area (Å²) in [6.07, 6.45) is -0.459. The Labute approximate surface area is 153 Å². The summed E-state index contributed by atoms with van der Waals surface area (Å²) in [4.78, 5) is 12.3. The number of hydrogen-bond donors (Lipinski definition) is 0. The molecule has 107 valence electrons. The van der Waals surface area contributed by atoms with E-state index in [9.17, 15) is 4.79 Å². The molecule has 0 amide bonds. The zero-order valence-electron chi connectivity index (χ0n) is 13.6. The van der Waals surface area contributed by atoms with Crippen molar-refractivity contribution in [2.75, 3.05) is 7.11 Å². The summed E-state index contributed by atoms with van der Waals surface area (Å²) in [5.41, 5.74) is 1.52. The van der Waals surface area contributed by atoms with Crippen molar-refractivity contribution in [3.05, 3.63) is 71.3 Å². The maximum absolute atomic E-state index is 12.3. The van der Waals surface area contributed by atoms with Gasteiger partial charge in [0.05, 0.1) is 0 Å². The van der Waals surface area contributed by atoms with Crippen LogP contribution in [0.15, 0.2) is 48.5 Å². The van der Waals surface area contributed by atoms with Crippen molar-refractivity contribution < 1.29 is 43.6 Å². The van der Waals surface area contributed by atoms with Crippen LogP contribution in [0.25, 0.3) is 0 Å². The van der Waals surface area contributed by atoms with E-state index in [1.165, 1.54) is 7.11 Å². The van der Waals surface area contributed by atoms with Crippen LogP contribution in [-0.4, -0.2) is 18.5 Å². The fourth-order valence-corrected chi connectivity index (χ4v) is 1.86. The number of methoxy groups -OCH3 is 1. The standard InChI is InChI=1S/C18H19O2.Y/c1-18(2,20-3)17(19)16-11-9-15(10-12-16)13-14-7-5-4-6-8-14;/h5-12H,13H2,1-3H3;/q-1;/i13D;. The molecule has 1 radical (unpaired) electrons. The van der Waals surface area contributed by atoms with E-state index in [0.717, 1.165) is 11.1 Å². The van der Waals surface area contributed by atoms with Gasteiger partial charge in [0.2, 0.25) is 0 Å². The average molecular weight is 357 g/mol. The molecule has 0 aliphatic rings. The molecule has 0 aliphatic carbocycles. The van der Waals surface area contributed by atoms with Crippen LogP contribution in [0.3, 0.4) is 0 Å². The Morgan fingerprint density at radius 2 is 1.67 bits per heavy atom. The Morgan fingerprint density at radius 1 is 1.14 bits per heavy atom. The van der Waals surface area contributed by atoms with Gasteiger partial charge in [0.25, 0.3) is 0 Å². The molecule has 2 nitrogen and oxygen atoms in total. The first-order valence-electron chi connectivity index (χ1n) is 7.11. The summed E-state index contributed by atoms with van der Waals surface area (Å²) >= 11 is 0. The monoisotopic (exact) mass is 357 g/mol. The van der Waals surface area contributed by atoms with Crippen molar-refractivity contribution in [3.63, 3.8) is 0 Å². The molecule has 0 spiro atoms. The van der Waals surface area contributed by atoms with Gasteiger partial charge in [-0.05, 0) is 25.8 Å². The fraction of sp³-hybridized carbons (Fsp3) is 0.278. The fourth-order valence-electron chi connectivity index (χ4n) is 1.86. The maximum Gasteiger partial charge on any atom is 0.194 e. The van der Waals surface area contributed by atoms with Crippen LogP contribution in [0.5, 0.6) is 0 Å². The Morgan fingerprint density at radius 3 is 2.19 bits per heavy atom. The van der Waals surface area contributed by atoms with E-state index in [4.69, 9.17) is 6.11 Å². The van der Waals surface area contributed by atoms with Crippen LogP contribution >= 0.6 is 0 Å². The van der Waals surface area contributed by atoms with Gasteiger partial charge in [-0.2, -0.15) is 35.9 Å². The molecule has 2 aromatic carbocycles. The summed E-state index contributed by atoms with van der Waals surface area (Å²) in [6.45, 7) is 3.49. The number of hydrogen-bond acceptors (Lipinski definition) is 2. The van der Waals surface area contributed by atoms with Gasteiger partial charge >= 0.3 is 0 Å². The van der Waals surface area contributed by atoms with Gasteiger partial charge in [0.15, 0.2) is 5.78 Å². The maximum atomic E-state index is 12.3. The number of Topliss-reactive ketones (excluding diaryl/α,β-unsaturated/α-hetero) is 1. The molecule has 2 aromatic rings. The topological polar surface area (TPSA) is 26.3 Å². The van der Waals surface area contributed by atoms with Crippen molar-refractivity contribution in [2.45, 2.75) is 25.8 Å². The van der Waals surface area contributed by atoms with Gasteiger partial charge in [0.1, 0.15) is 5.60 Å². The van der Waals surface area contributed by atoms with Crippen LogP contribution in [0, 0.1) is 6.07 Å². The van der Waals surface area contributed by atoms with Crippen molar-refractivity contribution in [1.29, 1.82) is 0 Å². The molecule has 3 heteroatoms. The molecule has 0 fully saturated rings. The largest absolute Gasteiger partial charge is 0.371 e. The summed E-state index contributed by atoms with van der Waals surface area (Å²) in [5, 5.41) is 0. The van der Waals surface area contributed by atoms with E-state index in [1.54, 1.807) is 38.1 Å². The predicted octanol–water partition coefficient (Wildman–Crippen LogP) is 3.68. The molecule has 0 N–H and O–H groups in total. The number of ether oxygens (including phenoxy) is 1. The number of carbonyl (C=O) groups excluding carboxylic acids is 1. The van der Waals surface area contributed by atoms with Gasteiger partial charge in [-0.15, -0.1) is 0 Å². The number of rotatable bonds is 5. The van der Waals surface area contributed by atoms with Gasteiger partial charge in [0, 0.05) is 46.8 Å². The van der Waals surface area contributed by atoms with Crippen LogP contribution < -0.4 is 0 Å². The molecular formula is C18H19O2Y-. The van der Waals surface area contributed by atoms with E-state index in [2.05, 4.69) is 6.07 Å². The van der Waals surface area contributed by atoms with Crippen LogP contribution in [-0.2, 0) is 43.8 Å². The zero-order chi connectivity index (χ0) is 15.5. The van der Waals surface area contributed by atoms with E-state index >= 15 is 0 Å². The number of ketones is 1. The molecule has 0 saturated carbocycles. The molecule has 0 bridgehead atoms. The minimum atomic E-state index is -0.836. The van der Waals surface area contributed by atoms with Crippen molar-refractivity contribution in [2.24, 2.45) is 0 Å². The van der Waals surface area contributed by atoms with E-state index in [0.29, 0.717) is 5.56 Å². The first kappa shape index (κ1) is 16.5. The first-order chi connectivity index (χ1) is 9.95. The Hall–Kier alpha value is -0.826. The van der Waals surface area contributed by atoms with Gasteiger partial charge < -0.3 is 4.74 Å². The third-order valence-corrected chi connectivity index (χ3v) is 3.31. The Bertz CT molecular complexity index is 609. The molecular weight excluding hydrogens is 337 g/mol. The first-order valence-corrected chi connectivity index (χ1v) is 6.54. The summed E-state index contributed by atoms with van der Waals surface area (Å²) < 4.78 is 13.5. The minimum Gasteiger partial charge on any atom is -0.371 e. The third-order valence-electron chi connectivity index (χ3n) is 3.31. The molecule has 0 saturated heterocycles. The third kappa shape index (κ3) is 4.84. The van der Waals surface area contributed by atoms with E-state index in [-0.39, 0.29) is 38.5 Å².